The monoisotopic (exact) mass is 300 g/mol. The Bertz CT molecular complexity index is 626. The lowest BCUT2D eigenvalue weighted by molar-refractivity contribution is 0.1000. The Labute approximate surface area is 129 Å². The zero-order valence-corrected chi connectivity index (χ0v) is 13.1. The number of anilines is 1. The van der Waals surface area contributed by atoms with Crippen molar-refractivity contribution in [1.29, 1.82) is 0 Å². The van der Waals surface area contributed by atoms with Gasteiger partial charge in [-0.25, -0.2) is 0 Å². The molecule has 0 atom stereocenters. The number of hydrogen-bond acceptors (Lipinski definition) is 3. The van der Waals surface area contributed by atoms with E-state index in [1.54, 1.807) is 6.07 Å². The second kappa shape index (κ2) is 7.18. The SMILES string of the molecule is CC(C)Sc1ccccc1NCc1cccc(C(N)=O)c1. The number of thioether (sulfide) groups is 1. The molecule has 0 radical (unpaired) electrons. The molecule has 2 aromatic carbocycles. The molecule has 0 aliphatic carbocycles. The Morgan fingerprint density at radius 3 is 2.67 bits per heavy atom. The molecule has 4 heteroatoms. The van der Waals surface area contributed by atoms with E-state index >= 15 is 0 Å². The van der Waals surface area contributed by atoms with E-state index in [0.717, 1.165) is 11.3 Å². The highest BCUT2D eigenvalue weighted by molar-refractivity contribution is 8.00. The van der Waals surface area contributed by atoms with Crippen molar-refractivity contribution in [3.63, 3.8) is 0 Å². The van der Waals surface area contributed by atoms with Gasteiger partial charge in [0.05, 0.1) is 0 Å². The van der Waals surface area contributed by atoms with E-state index in [9.17, 15) is 4.79 Å². The Kier molecular flexibility index (Phi) is 5.28. The van der Waals surface area contributed by atoms with Crippen molar-refractivity contribution in [1.82, 2.24) is 0 Å². The average molecular weight is 300 g/mol. The molecule has 0 fully saturated rings. The Morgan fingerprint density at radius 2 is 1.95 bits per heavy atom. The summed E-state index contributed by atoms with van der Waals surface area (Å²) in [5.41, 5.74) is 8.00. The minimum atomic E-state index is -0.396. The van der Waals surface area contributed by atoms with Gasteiger partial charge in [0.15, 0.2) is 0 Å². The third kappa shape index (κ3) is 4.53. The van der Waals surface area contributed by atoms with Crippen LogP contribution in [0.2, 0.25) is 0 Å². The van der Waals surface area contributed by atoms with Gasteiger partial charge in [-0.1, -0.05) is 38.1 Å². The molecule has 0 saturated carbocycles. The van der Waals surface area contributed by atoms with E-state index < -0.39 is 5.91 Å². The van der Waals surface area contributed by atoms with Gasteiger partial charge in [-0.15, -0.1) is 11.8 Å². The van der Waals surface area contributed by atoms with Gasteiger partial charge < -0.3 is 11.1 Å². The molecular formula is C17H20N2OS. The fourth-order valence-electron chi connectivity index (χ4n) is 2.00. The second-order valence-electron chi connectivity index (χ2n) is 5.08. The van der Waals surface area contributed by atoms with E-state index in [4.69, 9.17) is 5.73 Å². The molecule has 21 heavy (non-hydrogen) atoms. The fourth-order valence-corrected chi connectivity index (χ4v) is 2.93. The lowest BCUT2D eigenvalue weighted by atomic mass is 10.1. The van der Waals surface area contributed by atoms with Crippen LogP contribution in [0.15, 0.2) is 53.4 Å². The smallest absolute Gasteiger partial charge is 0.248 e. The molecule has 0 aliphatic heterocycles. The van der Waals surface area contributed by atoms with Crippen LogP contribution in [0.25, 0.3) is 0 Å². The lowest BCUT2D eigenvalue weighted by Gasteiger charge is -2.13. The van der Waals surface area contributed by atoms with Gasteiger partial charge in [0, 0.05) is 27.9 Å². The third-order valence-corrected chi connectivity index (χ3v) is 4.03. The van der Waals surface area contributed by atoms with E-state index in [1.807, 2.05) is 42.1 Å². The number of carbonyl (C=O) groups is 1. The summed E-state index contributed by atoms with van der Waals surface area (Å²) in [5.74, 6) is -0.396. The van der Waals surface area contributed by atoms with Gasteiger partial charge >= 0.3 is 0 Å². The highest BCUT2D eigenvalue weighted by Crippen LogP contribution is 2.30. The average Bonchev–Trinajstić information content (AvgIpc) is 2.46. The molecule has 3 nitrogen and oxygen atoms in total. The molecule has 2 rings (SSSR count). The molecule has 0 unspecified atom stereocenters. The minimum Gasteiger partial charge on any atom is -0.380 e. The van der Waals surface area contributed by atoms with Gasteiger partial charge in [-0.2, -0.15) is 0 Å². The first-order valence-corrected chi connectivity index (χ1v) is 7.82. The van der Waals surface area contributed by atoms with Gasteiger partial charge in [0.2, 0.25) is 5.91 Å². The second-order valence-corrected chi connectivity index (χ2v) is 6.70. The summed E-state index contributed by atoms with van der Waals surface area (Å²) in [7, 11) is 0. The van der Waals surface area contributed by atoms with Crippen LogP contribution < -0.4 is 11.1 Å². The third-order valence-electron chi connectivity index (χ3n) is 2.94. The maximum atomic E-state index is 11.2. The Balaban J connectivity index is 2.09. The molecule has 1 amide bonds. The Hall–Kier alpha value is -1.94. The summed E-state index contributed by atoms with van der Waals surface area (Å²) in [6, 6.07) is 15.6. The van der Waals surface area contributed by atoms with Gasteiger partial charge in [-0.05, 0) is 29.8 Å². The van der Waals surface area contributed by atoms with Crippen molar-refractivity contribution in [2.45, 2.75) is 30.5 Å². The maximum absolute atomic E-state index is 11.2. The summed E-state index contributed by atoms with van der Waals surface area (Å²) in [6.07, 6.45) is 0. The first-order chi connectivity index (χ1) is 10.1. The zero-order chi connectivity index (χ0) is 15.2. The lowest BCUT2D eigenvalue weighted by Crippen LogP contribution is -2.11. The van der Waals surface area contributed by atoms with Crippen LogP contribution in [-0.2, 0) is 6.54 Å². The van der Waals surface area contributed by atoms with Crippen molar-refractivity contribution in [2.75, 3.05) is 5.32 Å². The highest BCUT2D eigenvalue weighted by atomic mass is 32.2. The van der Waals surface area contributed by atoms with Crippen LogP contribution in [0.5, 0.6) is 0 Å². The van der Waals surface area contributed by atoms with Gasteiger partial charge in [0.1, 0.15) is 0 Å². The predicted molar refractivity (Wildman–Crippen MR) is 89.7 cm³/mol. The van der Waals surface area contributed by atoms with Crippen molar-refractivity contribution < 1.29 is 4.79 Å². The highest BCUT2D eigenvalue weighted by Gasteiger charge is 2.05. The number of nitrogens with one attached hydrogen (secondary N) is 1. The van der Waals surface area contributed by atoms with Gasteiger partial charge in [0.25, 0.3) is 0 Å². The molecule has 0 saturated heterocycles. The molecular weight excluding hydrogens is 280 g/mol. The maximum Gasteiger partial charge on any atom is 0.248 e. The summed E-state index contributed by atoms with van der Waals surface area (Å²) >= 11 is 1.83. The number of primary amides is 1. The molecule has 0 spiro atoms. The normalized spacial score (nSPS) is 10.6. The molecule has 0 aromatic heterocycles. The van der Waals surface area contributed by atoms with Crippen molar-refractivity contribution in [2.24, 2.45) is 5.73 Å². The number of rotatable bonds is 6. The molecule has 0 aliphatic rings. The van der Waals surface area contributed by atoms with E-state index in [2.05, 4.69) is 31.3 Å². The molecule has 3 N–H and O–H groups in total. The Morgan fingerprint density at radius 1 is 1.19 bits per heavy atom. The van der Waals surface area contributed by atoms with Crippen molar-refractivity contribution in [3.05, 3.63) is 59.7 Å². The largest absolute Gasteiger partial charge is 0.380 e. The van der Waals surface area contributed by atoms with Crippen LogP contribution >= 0.6 is 11.8 Å². The van der Waals surface area contributed by atoms with E-state index in [-0.39, 0.29) is 0 Å². The quantitative estimate of drug-likeness (QED) is 0.796. The first-order valence-electron chi connectivity index (χ1n) is 6.94. The van der Waals surface area contributed by atoms with Crippen LogP contribution in [-0.4, -0.2) is 11.2 Å². The molecule has 110 valence electrons. The van der Waals surface area contributed by atoms with Crippen molar-refractivity contribution >= 4 is 23.4 Å². The fraction of sp³-hybridized carbons (Fsp3) is 0.235. The van der Waals surface area contributed by atoms with Crippen LogP contribution in [0, 0.1) is 0 Å². The van der Waals surface area contributed by atoms with E-state index in [0.29, 0.717) is 17.4 Å². The van der Waals surface area contributed by atoms with Gasteiger partial charge in [-0.3, -0.25) is 4.79 Å². The summed E-state index contributed by atoms with van der Waals surface area (Å²) in [4.78, 5) is 12.4. The number of para-hydroxylation sites is 1. The topological polar surface area (TPSA) is 55.1 Å². The summed E-state index contributed by atoms with van der Waals surface area (Å²) in [6.45, 7) is 5.02. The number of carbonyl (C=O) groups excluding carboxylic acids is 1. The standard InChI is InChI=1S/C17H20N2OS/c1-12(2)21-16-9-4-3-8-15(16)19-11-13-6-5-7-14(10-13)17(18)20/h3-10,12,19H,11H2,1-2H3,(H2,18,20). The van der Waals surface area contributed by atoms with Crippen LogP contribution in [0.4, 0.5) is 5.69 Å². The summed E-state index contributed by atoms with van der Waals surface area (Å²) < 4.78 is 0. The number of benzene rings is 2. The van der Waals surface area contributed by atoms with E-state index in [1.165, 1.54) is 4.90 Å². The zero-order valence-electron chi connectivity index (χ0n) is 12.3. The van der Waals surface area contributed by atoms with Crippen LogP contribution in [0.3, 0.4) is 0 Å². The molecule has 2 aromatic rings. The minimum absolute atomic E-state index is 0.396. The first kappa shape index (κ1) is 15.4. The number of hydrogen-bond donors (Lipinski definition) is 2. The van der Waals surface area contributed by atoms with Crippen LogP contribution in [0.1, 0.15) is 29.8 Å². The summed E-state index contributed by atoms with van der Waals surface area (Å²) in [5, 5.41) is 3.96. The van der Waals surface area contributed by atoms with Crippen molar-refractivity contribution in [3.8, 4) is 0 Å². The molecule has 0 heterocycles. The number of amides is 1. The molecule has 0 bridgehead atoms. The predicted octanol–water partition coefficient (Wildman–Crippen LogP) is 3.90. The number of nitrogens with two attached hydrogens (primary N) is 1.